The van der Waals surface area contributed by atoms with Crippen molar-refractivity contribution in [2.24, 2.45) is 0 Å². The first-order valence-corrected chi connectivity index (χ1v) is 7.77. The highest BCUT2D eigenvalue weighted by Crippen LogP contribution is 2.31. The van der Waals surface area contributed by atoms with Crippen LogP contribution < -0.4 is 5.32 Å². The monoisotopic (exact) mass is 281 g/mol. The summed E-state index contributed by atoms with van der Waals surface area (Å²) in [6, 6.07) is 8.50. The fourth-order valence-corrected chi connectivity index (χ4v) is 3.60. The summed E-state index contributed by atoms with van der Waals surface area (Å²) in [5.41, 5.74) is 5.50. The van der Waals surface area contributed by atoms with Crippen molar-refractivity contribution in [2.45, 2.75) is 44.6 Å². The lowest BCUT2D eigenvalue weighted by Gasteiger charge is -2.15. The van der Waals surface area contributed by atoms with Crippen LogP contribution >= 0.6 is 0 Å². The molecule has 0 bridgehead atoms. The number of hydrogen-bond acceptors (Lipinski definition) is 2. The number of H-pyrrole nitrogens is 1. The van der Waals surface area contributed by atoms with Crippen LogP contribution in [0, 0.1) is 0 Å². The molecule has 0 radical (unpaired) electrons. The Morgan fingerprint density at radius 1 is 1.19 bits per heavy atom. The smallest absolute Gasteiger partial charge is 0.272 e. The van der Waals surface area contributed by atoms with Crippen molar-refractivity contribution in [1.29, 1.82) is 0 Å². The van der Waals surface area contributed by atoms with E-state index >= 15 is 0 Å². The maximum atomic E-state index is 12.5. The van der Waals surface area contributed by atoms with Gasteiger partial charge in [0.1, 0.15) is 0 Å². The van der Waals surface area contributed by atoms with E-state index < -0.39 is 0 Å². The van der Waals surface area contributed by atoms with E-state index in [1.54, 1.807) is 0 Å². The quantitative estimate of drug-likeness (QED) is 0.889. The van der Waals surface area contributed by atoms with Crippen molar-refractivity contribution >= 4 is 5.91 Å². The number of carbonyl (C=O) groups is 1. The number of carbonyl (C=O) groups excluding carboxylic acids is 1. The second-order valence-electron chi connectivity index (χ2n) is 6.00. The summed E-state index contributed by atoms with van der Waals surface area (Å²) in [6.45, 7) is 0. The Labute approximate surface area is 124 Å². The largest absolute Gasteiger partial charge is 0.344 e. The second-order valence-corrected chi connectivity index (χ2v) is 6.00. The van der Waals surface area contributed by atoms with Crippen molar-refractivity contribution in [3.05, 3.63) is 52.3 Å². The molecule has 4 heteroatoms. The van der Waals surface area contributed by atoms with Crippen LogP contribution in [0.1, 0.15) is 58.2 Å². The number of aromatic nitrogens is 2. The van der Waals surface area contributed by atoms with E-state index in [2.05, 4.69) is 33.7 Å². The third kappa shape index (κ3) is 2.15. The van der Waals surface area contributed by atoms with E-state index in [1.807, 2.05) is 6.07 Å². The number of nitrogens with one attached hydrogen (secondary N) is 2. The van der Waals surface area contributed by atoms with Gasteiger partial charge in [0.2, 0.25) is 0 Å². The van der Waals surface area contributed by atoms with Gasteiger partial charge in [-0.25, -0.2) is 0 Å². The molecule has 1 aromatic heterocycles. The number of rotatable bonds is 2. The number of aromatic amines is 1. The third-order valence-electron chi connectivity index (χ3n) is 4.71. The summed E-state index contributed by atoms with van der Waals surface area (Å²) in [7, 11) is 0. The van der Waals surface area contributed by atoms with Crippen molar-refractivity contribution in [1.82, 2.24) is 15.5 Å². The van der Waals surface area contributed by atoms with E-state index in [0.717, 1.165) is 43.4 Å². The Hall–Kier alpha value is -2.10. The number of fused-ring (bicyclic) bond motifs is 2. The van der Waals surface area contributed by atoms with Gasteiger partial charge in [-0.1, -0.05) is 24.3 Å². The summed E-state index contributed by atoms with van der Waals surface area (Å²) < 4.78 is 0. The van der Waals surface area contributed by atoms with Crippen LogP contribution in [0.15, 0.2) is 24.3 Å². The molecule has 1 amide bonds. The Morgan fingerprint density at radius 2 is 2.05 bits per heavy atom. The molecule has 4 rings (SSSR count). The fourth-order valence-electron chi connectivity index (χ4n) is 3.60. The molecule has 0 fully saturated rings. The van der Waals surface area contributed by atoms with Gasteiger partial charge in [0.05, 0.1) is 6.04 Å². The van der Waals surface area contributed by atoms with Crippen molar-refractivity contribution < 1.29 is 4.79 Å². The lowest BCUT2D eigenvalue weighted by Crippen LogP contribution is -2.28. The average molecular weight is 281 g/mol. The SMILES string of the molecule is O=C(NC1CCc2ccccc21)c1n[nH]c2c1CCCC2. The molecule has 2 N–H and O–H groups in total. The average Bonchev–Trinajstić information content (AvgIpc) is 3.12. The molecule has 2 aliphatic carbocycles. The Kier molecular flexibility index (Phi) is 3.02. The Balaban J connectivity index is 1.56. The Morgan fingerprint density at radius 3 is 3.00 bits per heavy atom. The van der Waals surface area contributed by atoms with Gasteiger partial charge in [0.15, 0.2) is 5.69 Å². The third-order valence-corrected chi connectivity index (χ3v) is 4.71. The van der Waals surface area contributed by atoms with Gasteiger partial charge in [-0.15, -0.1) is 0 Å². The van der Waals surface area contributed by atoms with Crippen LogP contribution in [0.3, 0.4) is 0 Å². The molecular formula is C17H19N3O. The van der Waals surface area contributed by atoms with Crippen molar-refractivity contribution in [3.63, 3.8) is 0 Å². The van der Waals surface area contributed by atoms with Gasteiger partial charge in [-0.05, 0) is 49.7 Å². The zero-order valence-corrected chi connectivity index (χ0v) is 12.0. The molecule has 1 aromatic carbocycles. The molecule has 2 aromatic rings. The van der Waals surface area contributed by atoms with Gasteiger partial charge in [0, 0.05) is 11.3 Å². The number of hydrogen-bond donors (Lipinski definition) is 2. The molecule has 0 saturated heterocycles. The van der Waals surface area contributed by atoms with Gasteiger partial charge in [-0.2, -0.15) is 5.10 Å². The molecule has 108 valence electrons. The number of benzene rings is 1. The van der Waals surface area contributed by atoms with Crippen LogP contribution in [0.25, 0.3) is 0 Å². The number of amides is 1. The van der Waals surface area contributed by atoms with Gasteiger partial charge in [-0.3, -0.25) is 9.89 Å². The molecular weight excluding hydrogens is 262 g/mol. The van der Waals surface area contributed by atoms with E-state index in [-0.39, 0.29) is 11.9 Å². The summed E-state index contributed by atoms with van der Waals surface area (Å²) in [6.07, 6.45) is 6.35. The second kappa shape index (κ2) is 5.02. The molecule has 4 nitrogen and oxygen atoms in total. The van der Waals surface area contributed by atoms with Crippen molar-refractivity contribution in [3.8, 4) is 0 Å². The van der Waals surface area contributed by atoms with Crippen molar-refractivity contribution in [2.75, 3.05) is 0 Å². The molecule has 21 heavy (non-hydrogen) atoms. The van der Waals surface area contributed by atoms with E-state index in [0.29, 0.717) is 5.69 Å². The topological polar surface area (TPSA) is 57.8 Å². The molecule has 0 saturated carbocycles. The Bertz CT molecular complexity index is 689. The summed E-state index contributed by atoms with van der Waals surface area (Å²) in [5.74, 6) is -0.0314. The van der Waals surface area contributed by atoms with E-state index in [4.69, 9.17) is 0 Å². The highest BCUT2D eigenvalue weighted by Gasteiger charge is 2.27. The summed E-state index contributed by atoms with van der Waals surface area (Å²) in [5, 5.41) is 10.5. The minimum atomic E-state index is -0.0314. The summed E-state index contributed by atoms with van der Waals surface area (Å²) in [4.78, 5) is 12.5. The molecule has 0 aliphatic heterocycles. The van der Waals surface area contributed by atoms with Gasteiger partial charge >= 0.3 is 0 Å². The number of nitrogens with zero attached hydrogens (tertiary/aromatic N) is 1. The van der Waals surface area contributed by atoms with Crippen LogP contribution in [0.2, 0.25) is 0 Å². The van der Waals surface area contributed by atoms with Crippen LogP contribution in [-0.4, -0.2) is 16.1 Å². The maximum absolute atomic E-state index is 12.5. The lowest BCUT2D eigenvalue weighted by molar-refractivity contribution is 0.0930. The van der Waals surface area contributed by atoms with Crippen LogP contribution in [-0.2, 0) is 19.3 Å². The zero-order chi connectivity index (χ0) is 14.2. The first-order valence-electron chi connectivity index (χ1n) is 7.77. The first-order chi connectivity index (χ1) is 10.3. The highest BCUT2D eigenvalue weighted by atomic mass is 16.2. The minimum Gasteiger partial charge on any atom is -0.344 e. The van der Waals surface area contributed by atoms with E-state index in [1.165, 1.54) is 17.5 Å². The minimum absolute atomic E-state index is 0.0314. The van der Waals surface area contributed by atoms with Gasteiger partial charge < -0.3 is 5.32 Å². The lowest BCUT2D eigenvalue weighted by atomic mass is 9.95. The highest BCUT2D eigenvalue weighted by molar-refractivity contribution is 5.94. The van der Waals surface area contributed by atoms with Crippen LogP contribution in [0.4, 0.5) is 0 Å². The zero-order valence-electron chi connectivity index (χ0n) is 12.0. The predicted molar refractivity (Wildman–Crippen MR) is 80.2 cm³/mol. The van der Waals surface area contributed by atoms with Crippen LogP contribution in [0.5, 0.6) is 0 Å². The molecule has 1 unspecified atom stereocenters. The van der Waals surface area contributed by atoms with Gasteiger partial charge in [0.25, 0.3) is 5.91 Å². The first kappa shape index (κ1) is 12.6. The molecule has 1 heterocycles. The number of aryl methyl sites for hydroxylation is 2. The normalized spacial score (nSPS) is 19.9. The maximum Gasteiger partial charge on any atom is 0.272 e. The molecule has 2 aliphatic rings. The standard InChI is InChI=1S/C17H19N3O/c21-17(16-13-7-3-4-8-15(13)19-20-16)18-14-10-9-11-5-1-2-6-12(11)14/h1-2,5-6,14H,3-4,7-10H2,(H,18,21)(H,19,20). The molecule has 1 atom stereocenters. The predicted octanol–water partition coefficient (Wildman–Crippen LogP) is 2.71. The van der Waals surface area contributed by atoms with E-state index in [9.17, 15) is 4.79 Å². The summed E-state index contributed by atoms with van der Waals surface area (Å²) >= 11 is 0. The fraction of sp³-hybridized carbons (Fsp3) is 0.412. The molecule has 0 spiro atoms.